The molecule has 0 saturated heterocycles. The maximum absolute atomic E-state index is 12.2. The van der Waals surface area contributed by atoms with E-state index in [0.29, 0.717) is 12.5 Å². The van der Waals surface area contributed by atoms with Crippen molar-refractivity contribution < 1.29 is 9.53 Å². The molecule has 0 radical (unpaired) electrons. The Morgan fingerprint density at radius 3 is 2.62 bits per heavy atom. The van der Waals surface area contributed by atoms with Gasteiger partial charge in [0.1, 0.15) is 11.4 Å². The largest absolute Gasteiger partial charge is 0.444 e. The van der Waals surface area contributed by atoms with Crippen LogP contribution in [0.4, 0.5) is 22.2 Å². The molecule has 1 amide bonds. The lowest BCUT2D eigenvalue weighted by Crippen LogP contribution is -2.33. The highest BCUT2D eigenvalue weighted by molar-refractivity contribution is 5.67. The number of benzene rings is 1. The molecule has 9 heteroatoms. The first-order valence-corrected chi connectivity index (χ1v) is 10.4. The minimum absolute atomic E-state index is 0.369. The van der Waals surface area contributed by atoms with E-state index in [1.807, 2.05) is 72.1 Å². The summed E-state index contributed by atoms with van der Waals surface area (Å²) in [5.74, 6) is 1.27. The van der Waals surface area contributed by atoms with E-state index in [1.165, 1.54) is 4.90 Å². The first-order chi connectivity index (χ1) is 15.0. The quantitative estimate of drug-likeness (QED) is 0.589. The van der Waals surface area contributed by atoms with Gasteiger partial charge < -0.3 is 20.3 Å². The van der Waals surface area contributed by atoms with E-state index < -0.39 is 5.60 Å². The van der Waals surface area contributed by atoms with E-state index in [-0.39, 0.29) is 6.09 Å². The van der Waals surface area contributed by atoms with Crippen molar-refractivity contribution in [2.24, 2.45) is 0 Å². The zero-order chi connectivity index (χ0) is 23.5. The third-order valence-electron chi connectivity index (χ3n) is 4.58. The van der Waals surface area contributed by atoms with Crippen LogP contribution in [-0.2, 0) is 11.3 Å². The molecule has 0 spiro atoms. The van der Waals surface area contributed by atoms with E-state index >= 15 is 0 Å². The molecule has 9 nitrogen and oxygen atoms in total. The average molecular weight is 438 g/mol. The zero-order valence-corrected chi connectivity index (χ0v) is 19.7. The minimum Gasteiger partial charge on any atom is -0.444 e. The van der Waals surface area contributed by atoms with Crippen molar-refractivity contribution in [1.82, 2.24) is 24.6 Å². The van der Waals surface area contributed by atoms with Crippen LogP contribution in [0.15, 0.2) is 36.7 Å². The highest BCUT2D eigenvalue weighted by atomic mass is 16.6. The first-order valence-electron chi connectivity index (χ1n) is 10.4. The first kappa shape index (κ1) is 23.1. The molecule has 2 N–H and O–H groups in total. The number of nitrogens with one attached hydrogen (secondary N) is 2. The molecule has 0 aliphatic rings. The number of nitrogens with zero attached hydrogens (tertiary/aromatic N) is 5. The predicted octanol–water partition coefficient (Wildman–Crippen LogP) is 4.43. The van der Waals surface area contributed by atoms with Crippen LogP contribution < -0.4 is 10.6 Å². The van der Waals surface area contributed by atoms with Gasteiger partial charge in [-0.1, -0.05) is 6.07 Å². The number of carbonyl (C=O) groups is 1. The van der Waals surface area contributed by atoms with Crippen molar-refractivity contribution in [1.29, 1.82) is 0 Å². The molecule has 0 aliphatic carbocycles. The summed E-state index contributed by atoms with van der Waals surface area (Å²) >= 11 is 0. The molecular weight excluding hydrogens is 406 g/mol. The summed E-state index contributed by atoms with van der Waals surface area (Å²) < 4.78 is 7.22. The van der Waals surface area contributed by atoms with Crippen LogP contribution in [0.25, 0.3) is 5.69 Å². The molecule has 0 fully saturated rings. The van der Waals surface area contributed by atoms with Gasteiger partial charge in [-0.25, -0.2) is 14.5 Å². The van der Waals surface area contributed by atoms with E-state index in [1.54, 1.807) is 17.9 Å². The summed E-state index contributed by atoms with van der Waals surface area (Å²) in [5, 5.41) is 10.8. The molecule has 1 aromatic carbocycles. The van der Waals surface area contributed by atoms with Crippen LogP contribution in [-0.4, -0.2) is 50.4 Å². The van der Waals surface area contributed by atoms with Crippen LogP contribution in [0, 0.1) is 13.8 Å². The Kier molecular flexibility index (Phi) is 6.67. The Labute approximate surface area is 188 Å². The second-order valence-electron chi connectivity index (χ2n) is 8.72. The van der Waals surface area contributed by atoms with Crippen molar-refractivity contribution in [2.45, 2.75) is 46.8 Å². The number of amides is 1. The minimum atomic E-state index is -0.533. The van der Waals surface area contributed by atoms with Crippen molar-refractivity contribution in [3.05, 3.63) is 53.5 Å². The van der Waals surface area contributed by atoms with Gasteiger partial charge >= 0.3 is 6.09 Å². The second-order valence-corrected chi connectivity index (χ2v) is 8.72. The number of anilines is 3. The molecule has 0 bridgehead atoms. The van der Waals surface area contributed by atoms with Gasteiger partial charge in [0, 0.05) is 43.3 Å². The van der Waals surface area contributed by atoms with Crippen molar-refractivity contribution in [2.75, 3.05) is 24.7 Å². The third-order valence-corrected chi connectivity index (χ3v) is 4.58. The van der Waals surface area contributed by atoms with Gasteiger partial charge in [-0.2, -0.15) is 10.1 Å². The Morgan fingerprint density at radius 2 is 1.94 bits per heavy atom. The molecule has 0 unspecified atom stereocenters. The van der Waals surface area contributed by atoms with Gasteiger partial charge in [0.2, 0.25) is 5.95 Å². The third kappa shape index (κ3) is 5.96. The molecule has 2 aromatic heterocycles. The highest BCUT2D eigenvalue weighted by Crippen LogP contribution is 2.22. The van der Waals surface area contributed by atoms with Gasteiger partial charge in [0.05, 0.1) is 18.4 Å². The fourth-order valence-corrected chi connectivity index (χ4v) is 3.07. The lowest BCUT2D eigenvalue weighted by Gasteiger charge is -2.24. The monoisotopic (exact) mass is 437 g/mol. The van der Waals surface area contributed by atoms with Gasteiger partial charge in [-0.15, -0.1) is 0 Å². The van der Waals surface area contributed by atoms with Gasteiger partial charge in [0.15, 0.2) is 0 Å². The fourth-order valence-electron chi connectivity index (χ4n) is 3.07. The smallest absolute Gasteiger partial charge is 0.410 e. The van der Waals surface area contributed by atoms with Crippen molar-refractivity contribution in [3.8, 4) is 5.69 Å². The number of hydrogen-bond acceptors (Lipinski definition) is 7. The van der Waals surface area contributed by atoms with E-state index in [0.717, 1.165) is 34.0 Å². The Morgan fingerprint density at radius 1 is 1.19 bits per heavy atom. The number of aryl methyl sites for hydroxylation is 2. The molecule has 0 atom stereocenters. The van der Waals surface area contributed by atoms with Crippen LogP contribution in [0.5, 0.6) is 0 Å². The van der Waals surface area contributed by atoms with E-state index in [9.17, 15) is 4.79 Å². The van der Waals surface area contributed by atoms with Crippen LogP contribution >= 0.6 is 0 Å². The maximum Gasteiger partial charge on any atom is 0.410 e. The van der Waals surface area contributed by atoms with Gasteiger partial charge in [-0.05, 0) is 52.3 Å². The molecule has 3 aromatic rings. The van der Waals surface area contributed by atoms with E-state index in [2.05, 4.69) is 25.7 Å². The lowest BCUT2D eigenvalue weighted by atomic mass is 10.2. The van der Waals surface area contributed by atoms with E-state index in [4.69, 9.17) is 4.74 Å². The van der Waals surface area contributed by atoms with Crippen LogP contribution in [0.2, 0.25) is 0 Å². The molecule has 3 rings (SSSR count). The summed E-state index contributed by atoms with van der Waals surface area (Å²) in [6.45, 7) is 9.89. The van der Waals surface area contributed by atoms with Crippen molar-refractivity contribution >= 4 is 23.5 Å². The Balaban J connectivity index is 1.77. The summed E-state index contributed by atoms with van der Waals surface area (Å²) in [6, 6.07) is 7.87. The van der Waals surface area contributed by atoms with Gasteiger partial charge in [-0.3, -0.25) is 0 Å². The summed E-state index contributed by atoms with van der Waals surface area (Å²) in [6.07, 6.45) is 3.30. The van der Waals surface area contributed by atoms with Gasteiger partial charge in [0.25, 0.3) is 0 Å². The highest BCUT2D eigenvalue weighted by Gasteiger charge is 2.20. The zero-order valence-electron chi connectivity index (χ0n) is 19.7. The molecule has 170 valence electrons. The normalized spacial score (nSPS) is 11.2. The molecular formula is C23H31N7O2. The average Bonchev–Trinajstić information content (AvgIpc) is 3.15. The standard InChI is InChI=1S/C23H31N7O2/c1-15-8-9-18(27-21-26-16(2)10-20(24-6)28-21)11-19(15)30-14-17(12-25-30)13-29(7)22(31)32-23(3,4)5/h8-12,14H,13H2,1-7H3,(H2,24,26,27,28). The number of aromatic nitrogens is 4. The van der Waals surface area contributed by atoms with Crippen LogP contribution in [0.1, 0.15) is 37.6 Å². The maximum atomic E-state index is 12.2. The van der Waals surface area contributed by atoms with Crippen molar-refractivity contribution in [3.63, 3.8) is 0 Å². The number of hydrogen-bond donors (Lipinski definition) is 2. The predicted molar refractivity (Wildman–Crippen MR) is 126 cm³/mol. The molecule has 0 aliphatic heterocycles. The Hall–Kier alpha value is -3.62. The Bertz CT molecular complexity index is 1100. The molecule has 0 saturated carbocycles. The lowest BCUT2D eigenvalue weighted by molar-refractivity contribution is 0.0285. The number of ether oxygens (including phenoxy) is 1. The number of rotatable bonds is 6. The second kappa shape index (κ2) is 9.25. The fraction of sp³-hybridized carbons (Fsp3) is 0.391. The van der Waals surface area contributed by atoms with Crippen LogP contribution in [0.3, 0.4) is 0 Å². The SMILES string of the molecule is CNc1cc(C)nc(Nc2ccc(C)c(-n3cc(CN(C)C(=O)OC(C)(C)C)cn3)c2)n1. The molecule has 2 heterocycles. The summed E-state index contributed by atoms with van der Waals surface area (Å²) in [5.41, 5.74) is 4.06. The topological polar surface area (TPSA) is 97.2 Å². The summed E-state index contributed by atoms with van der Waals surface area (Å²) in [7, 11) is 3.54. The molecule has 32 heavy (non-hydrogen) atoms. The number of carbonyl (C=O) groups excluding carboxylic acids is 1. The summed E-state index contributed by atoms with van der Waals surface area (Å²) in [4.78, 5) is 22.7.